The molecule has 2 amide bonds. The molecule has 0 aliphatic carbocycles. The molecule has 1 aromatic carbocycles. The van der Waals surface area contributed by atoms with Crippen molar-refractivity contribution in [3.63, 3.8) is 0 Å². The van der Waals surface area contributed by atoms with Crippen LogP contribution in [0.15, 0.2) is 22.7 Å². The summed E-state index contributed by atoms with van der Waals surface area (Å²) in [6.45, 7) is 5.66. The fourth-order valence-corrected chi connectivity index (χ4v) is 1.77. The molecule has 5 nitrogen and oxygen atoms in total. The molecule has 0 heterocycles. The Morgan fingerprint density at radius 3 is 2.70 bits per heavy atom. The molecule has 0 saturated heterocycles. The van der Waals surface area contributed by atoms with Gasteiger partial charge in [-0.2, -0.15) is 0 Å². The van der Waals surface area contributed by atoms with E-state index in [4.69, 9.17) is 4.74 Å². The number of halogens is 1. The minimum Gasteiger partial charge on any atom is -0.495 e. The highest BCUT2D eigenvalue weighted by Crippen LogP contribution is 2.27. The molecule has 1 atom stereocenters. The molecule has 20 heavy (non-hydrogen) atoms. The van der Waals surface area contributed by atoms with Crippen LogP contribution in [-0.4, -0.2) is 30.4 Å². The third kappa shape index (κ3) is 4.68. The maximum absolute atomic E-state index is 11.9. The highest BCUT2D eigenvalue weighted by atomic mass is 79.9. The van der Waals surface area contributed by atoms with Crippen LogP contribution in [0.1, 0.15) is 20.8 Å². The number of rotatable bonds is 5. The highest BCUT2D eigenvalue weighted by Gasteiger charge is 2.25. The summed E-state index contributed by atoms with van der Waals surface area (Å²) in [5.74, 6) is 0.613. The molecule has 0 aliphatic rings. The van der Waals surface area contributed by atoms with E-state index in [2.05, 4.69) is 26.6 Å². The SMILES string of the molecule is COc1ccc(Br)cc1NC(=O)NCC(C)(O)C(C)C. The van der Waals surface area contributed by atoms with Crippen molar-refractivity contribution in [2.45, 2.75) is 26.4 Å². The van der Waals surface area contributed by atoms with Crippen LogP contribution in [0.25, 0.3) is 0 Å². The van der Waals surface area contributed by atoms with Crippen molar-refractivity contribution in [2.75, 3.05) is 19.0 Å². The van der Waals surface area contributed by atoms with Gasteiger partial charge in [0.15, 0.2) is 0 Å². The fraction of sp³-hybridized carbons (Fsp3) is 0.500. The minimum absolute atomic E-state index is 0.0446. The first-order valence-electron chi connectivity index (χ1n) is 6.37. The summed E-state index contributed by atoms with van der Waals surface area (Å²) in [4.78, 5) is 11.9. The van der Waals surface area contributed by atoms with Gasteiger partial charge in [0.1, 0.15) is 5.75 Å². The average molecular weight is 345 g/mol. The molecule has 0 bridgehead atoms. The van der Waals surface area contributed by atoms with Gasteiger partial charge < -0.3 is 20.5 Å². The highest BCUT2D eigenvalue weighted by molar-refractivity contribution is 9.10. The van der Waals surface area contributed by atoms with Gasteiger partial charge in [-0.15, -0.1) is 0 Å². The zero-order valence-corrected chi connectivity index (χ0v) is 13.7. The van der Waals surface area contributed by atoms with Crippen LogP contribution >= 0.6 is 15.9 Å². The lowest BCUT2D eigenvalue weighted by Crippen LogP contribution is -2.45. The Labute approximate surface area is 127 Å². The molecule has 0 spiro atoms. The second-order valence-corrected chi connectivity index (χ2v) is 6.08. The summed E-state index contributed by atoms with van der Waals surface area (Å²) < 4.78 is 6.01. The first-order chi connectivity index (χ1) is 9.26. The van der Waals surface area contributed by atoms with Crippen LogP contribution in [-0.2, 0) is 0 Å². The second kappa shape index (κ2) is 6.95. The van der Waals surface area contributed by atoms with Gasteiger partial charge in [-0.3, -0.25) is 0 Å². The van der Waals surface area contributed by atoms with Crippen LogP contribution in [0, 0.1) is 5.92 Å². The van der Waals surface area contributed by atoms with Crippen molar-refractivity contribution in [3.05, 3.63) is 22.7 Å². The number of anilines is 1. The van der Waals surface area contributed by atoms with E-state index in [9.17, 15) is 9.90 Å². The van der Waals surface area contributed by atoms with Crippen LogP contribution < -0.4 is 15.4 Å². The predicted molar refractivity (Wildman–Crippen MR) is 83.2 cm³/mol. The van der Waals surface area contributed by atoms with E-state index in [0.717, 1.165) is 4.47 Å². The molecular weight excluding hydrogens is 324 g/mol. The minimum atomic E-state index is -0.946. The van der Waals surface area contributed by atoms with Gasteiger partial charge in [0.2, 0.25) is 0 Å². The van der Waals surface area contributed by atoms with E-state index in [1.165, 1.54) is 7.11 Å². The third-order valence-electron chi connectivity index (χ3n) is 3.26. The Morgan fingerprint density at radius 1 is 1.50 bits per heavy atom. The molecule has 0 aliphatic heterocycles. The summed E-state index contributed by atoms with van der Waals surface area (Å²) in [7, 11) is 1.54. The average Bonchev–Trinajstić information content (AvgIpc) is 2.36. The lowest BCUT2D eigenvalue weighted by molar-refractivity contribution is 0.0170. The third-order valence-corrected chi connectivity index (χ3v) is 3.75. The number of carbonyl (C=O) groups excluding carboxylic acids is 1. The van der Waals surface area contributed by atoms with Gasteiger partial charge >= 0.3 is 6.03 Å². The quantitative estimate of drug-likeness (QED) is 0.768. The number of carbonyl (C=O) groups is 1. The first-order valence-corrected chi connectivity index (χ1v) is 7.16. The Morgan fingerprint density at radius 2 is 2.15 bits per heavy atom. The number of benzene rings is 1. The van der Waals surface area contributed by atoms with Crippen LogP contribution in [0.5, 0.6) is 5.75 Å². The van der Waals surface area contributed by atoms with Crippen molar-refractivity contribution in [2.24, 2.45) is 5.92 Å². The maximum atomic E-state index is 11.9. The normalized spacial score (nSPS) is 13.8. The Bertz CT molecular complexity index is 475. The number of urea groups is 1. The number of hydrogen-bond donors (Lipinski definition) is 3. The largest absolute Gasteiger partial charge is 0.495 e. The van der Waals surface area contributed by atoms with E-state index in [1.54, 1.807) is 19.1 Å². The standard InChI is InChI=1S/C14H21BrN2O3/c1-9(2)14(3,19)8-16-13(18)17-11-7-10(15)5-6-12(11)20-4/h5-7,9,19H,8H2,1-4H3,(H2,16,17,18). The first kappa shape index (κ1) is 16.8. The van der Waals surface area contributed by atoms with Gasteiger partial charge in [-0.05, 0) is 31.0 Å². The van der Waals surface area contributed by atoms with E-state index < -0.39 is 5.60 Å². The van der Waals surface area contributed by atoms with Crippen molar-refractivity contribution < 1.29 is 14.6 Å². The lowest BCUT2D eigenvalue weighted by atomic mass is 9.93. The molecular formula is C14H21BrN2O3. The van der Waals surface area contributed by atoms with Crippen molar-refractivity contribution in [3.8, 4) is 5.75 Å². The summed E-state index contributed by atoms with van der Waals surface area (Å²) >= 11 is 3.34. The molecule has 1 aromatic rings. The lowest BCUT2D eigenvalue weighted by Gasteiger charge is -2.27. The van der Waals surface area contributed by atoms with E-state index >= 15 is 0 Å². The Kier molecular flexibility index (Phi) is 5.83. The number of hydrogen-bond acceptors (Lipinski definition) is 3. The molecule has 0 aromatic heterocycles. The van der Waals surface area contributed by atoms with Gasteiger partial charge in [0.05, 0.1) is 18.4 Å². The number of methoxy groups -OCH3 is 1. The molecule has 0 saturated carbocycles. The van der Waals surface area contributed by atoms with Crippen LogP contribution in [0.3, 0.4) is 0 Å². The van der Waals surface area contributed by atoms with Crippen molar-refractivity contribution in [1.29, 1.82) is 0 Å². The zero-order chi connectivity index (χ0) is 15.3. The van der Waals surface area contributed by atoms with Gasteiger partial charge in [0, 0.05) is 11.0 Å². The Hall–Kier alpha value is -1.27. The molecule has 112 valence electrons. The number of aliphatic hydroxyl groups is 1. The topological polar surface area (TPSA) is 70.6 Å². The van der Waals surface area contributed by atoms with Gasteiger partial charge in [-0.1, -0.05) is 29.8 Å². The molecule has 1 unspecified atom stereocenters. The summed E-state index contributed by atoms with van der Waals surface area (Å²) in [6, 6.07) is 4.94. The van der Waals surface area contributed by atoms with E-state index in [0.29, 0.717) is 11.4 Å². The molecule has 0 fully saturated rings. The van der Waals surface area contributed by atoms with Crippen LogP contribution in [0.4, 0.5) is 10.5 Å². The number of ether oxygens (including phenoxy) is 1. The predicted octanol–water partition coefficient (Wildman–Crippen LogP) is 2.99. The molecule has 1 rings (SSSR count). The number of nitrogens with one attached hydrogen (secondary N) is 2. The van der Waals surface area contributed by atoms with E-state index in [1.807, 2.05) is 19.9 Å². The summed E-state index contributed by atoms with van der Waals surface area (Å²) in [5.41, 5.74) is -0.387. The summed E-state index contributed by atoms with van der Waals surface area (Å²) in [6.07, 6.45) is 0. The molecule has 0 radical (unpaired) electrons. The Balaban J connectivity index is 2.65. The van der Waals surface area contributed by atoms with Gasteiger partial charge in [0.25, 0.3) is 0 Å². The van der Waals surface area contributed by atoms with Crippen molar-refractivity contribution in [1.82, 2.24) is 5.32 Å². The smallest absolute Gasteiger partial charge is 0.319 e. The van der Waals surface area contributed by atoms with Gasteiger partial charge in [-0.25, -0.2) is 4.79 Å². The monoisotopic (exact) mass is 344 g/mol. The van der Waals surface area contributed by atoms with Crippen molar-refractivity contribution >= 4 is 27.6 Å². The number of amides is 2. The molecule has 6 heteroatoms. The zero-order valence-electron chi connectivity index (χ0n) is 12.2. The fourth-order valence-electron chi connectivity index (χ4n) is 1.41. The maximum Gasteiger partial charge on any atom is 0.319 e. The second-order valence-electron chi connectivity index (χ2n) is 5.16. The summed E-state index contributed by atoms with van der Waals surface area (Å²) in [5, 5.41) is 15.4. The van der Waals surface area contributed by atoms with E-state index in [-0.39, 0.29) is 18.5 Å². The van der Waals surface area contributed by atoms with Crippen LogP contribution in [0.2, 0.25) is 0 Å². The molecule has 3 N–H and O–H groups in total.